The molecule has 0 radical (unpaired) electrons. The van der Waals surface area contributed by atoms with Crippen LogP contribution in [-0.2, 0) is 4.74 Å². The van der Waals surface area contributed by atoms with Crippen molar-refractivity contribution in [3.05, 3.63) is 40.3 Å². The number of carbonyl (C=O) groups is 1. The maximum Gasteiger partial charge on any atom is 0.348 e. The maximum absolute atomic E-state index is 11.8. The van der Waals surface area contributed by atoms with Gasteiger partial charge in [-0.25, -0.2) is 9.79 Å². The number of rotatable bonds is 6. The number of methoxy groups -OCH3 is 2. The Morgan fingerprint density at radius 3 is 2.70 bits per heavy atom. The number of nitrogens with zero attached hydrogens (tertiary/aromatic N) is 1. The summed E-state index contributed by atoms with van der Waals surface area (Å²) < 4.78 is 15.6. The zero-order chi connectivity index (χ0) is 16.8. The molecule has 2 rings (SSSR count). The van der Waals surface area contributed by atoms with E-state index in [1.54, 1.807) is 27.4 Å². The summed E-state index contributed by atoms with van der Waals surface area (Å²) in [5.74, 6) is 1.12. The fourth-order valence-corrected chi connectivity index (χ4v) is 2.91. The molecule has 0 aliphatic heterocycles. The summed E-state index contributed by atoms with van der Waals surface area (Å²) in [4.78, 5) is 16.9. The molecule has 122 valence electrons. The van der Waals surface area contributed by atoms with Crippen LogP contribution in [0.4, 0.5) is 5.00 Å². The van der Waals surface area contributed by atoms with Crippen LogP contribution in [0, 0.1) is 6.92 Å². The SMILES string of the molecule is CCOC(=O)c1sc(N=Cc2cc(OC)ccc2OC)cc1C. The lowest BCUT2D eigenvalue weighted by molar-refractivity contribution is 0.0531. The minimum absolute atomic E-state index is 0.310. The molecular weight excluding hydrogens is 314 g/mol. The highest BCUT2D eigenvalue weighted by molar-refractivity contribution is 7.17. The average molecular weight is 333 g/mol. The number of aryl methyl sites for hydroxylation is 1. The summed E-state index contributed by atoms with van der Waals surface area (Å²) in [5, 5.41) is 0.732. The predicted octanol–water partition coefficient (Wildman–Crippen LogP) is 4.00. The number of carbonyl (C=O) groups excluding carboxylic acids is 1. The zero-order valence-corrected chi connectivity index (χ0v) is 14.4. The summed E-state index contributed by atoms with van der Waals surface area (Å²) in [6.45, 7) is 4.01. The first-order chi connectivity index (χ1) is 11.1. The lowest BCUT2D eigenvalue weighted by atomic mass is 10.2. The van der Waals surface area contributed by atoms with E-state index in [0.717, 1.165) is 21.9 Å². The van der Waals surface area contributed by atoms with Crippen LogP contribution in [-0.4, -0.2) is 33.0 Å². The van der Waals surface area contributed by atoms with Gasteiger partial charge in [0.25, 0.3) is 0 Å². The van der Waals surface area contributed by atoms with Crippen molar-refractivity contribution in [1.82, 2.24) is 0 Å². The van der Waals surface area contributed by atoms with Gasteiger partial charge in [-0.05, 0) is 43.7 Å². The summed E-state index contributed by atoms with van der Waals surface area (Å²) in [6.07, 6.45) is 1.70. The number of esters is 1. The van der Waals surface area contributed by atoms with Gasteiger partial charge in [0.1, 0.15) is 21.4 Å². The maximum atomic E-state index is 11.8. The van der Waals surface area contributed by atoms with Crippen LogP contribution in [0.2, 0.25) is 0 Å². The molecule has 0 fully saturated rings. The first-order valence-corrected chi connectivity index (χ1v) is 7.94. The molecule has 1 heterocycles. The van der Waals surface area contributed by atoms with Gasteiger partial charge >= 0.3 is 5.97 Å². The molecule has 2 aromatic rings. The largest absolute Gasteiger partial charge is 0.497 e. The first kappa shape index (κ1) is 17.0. The van der Waals surface area contributed by atoms with Crippen molar-refractivity contribution < 1.29 is 19.0 Å². The Labute approximate surface area is 139 Å². The third-order valence-electron chi connectivity index (χ3n) is 3.13. The highest BCUT2D eigenvalue weighted by atomic mass is 32.1. The Hall–Kier alpha value is -2.34. The molecule has 0 N–H and O–H groups in total. The van der Waals surface area contributed by atoms with Gasteiger partial charge in [-0.1, -0.05) is 0 Å². The smallest absolute Gasteiger partial charge is 0.348 e. The van der Waals surface area contributed by atoms with Crippen molar-refractivity contribution in [3.8, 4) is 11.5 Å². The average Bonchev–Trinajstić information content (AvgIpc) is 2.93. The van der Waals surface area contributed by atoms with Gasteiger partial charge in [0, 0.05) is 11.8 Å². The first-order valence-electron chi connectivity index (χ1n) is 7.12. The van der Waals surface area contributed by atoms with Gasteiger partial charge in [0.15, 0.2) is 0 Å². The Kier molecular flexibility index (Phi) is 5.76. The standard InChI is InChI=1S/C17H19NO4S/c1-5-22-17(19)16-11(2)8-15(23-16)18-10-12-9-13(20-3)6-7-14(12)21-4/h6-10H,5H2,1-4H3. The van der Waals surface area contributed by atoms with Gasteiger partial charge in [-0.3, -0.25) is 0 Å². The third-order valence-corrected chi connectivity index (χ3v) is 4.26. The molecule has 0 amide bonds. The van der Waals surface area contributed by atoms with Crippen molar-refractivity contribution in [3.63, 3.8) is 0 Å². The van der Waals surface area contributed by atoms with Crippen LogP contribution in [0.1, 0.15) is 27.7 Å². The van der Waals surface area contributed by atoms with Crippen molar-refractivity contribution in [2.45, 2.75) is 13.8 Å². The topological polar surface area (TPSA) is 57.1 Å². The van der Waals surface area contributed by atoms with Gasteiger partial charge in [-0.15, -0.1) is 11.3 Å². The van der Waals surface area contributed by atoms with E-state index in [-0.39, 0.29) is 5.97 Å². The molecule has 0 bridgehead atoms. The number of hydrogen-bond donors (Lipinski definition) is 0. The molecule has 0 saturated heterocycles. The second-order valence-electron chi connectivity index (χ2n) is 4.68. The number of thiophene rings is 1. The van der Waals surface area contributed by atoms with E-state index < -0.39 is 0 Å². The van der Waals surface area contributed by atoms with E-state index >= 15 is 0 Å². The van der Waals surface area contributed by atoms with Crippen LogP contribution in [0.15, 0.2) is 29.3 Å². The van der Waals surface area contributed by atoms with Crippen LogP contribution < -0.4 is 9.47 Å². The molecule has 6 heteroatoms. The predicted molar refractivity (Wildman–Crippen MR) is 91.8 cm³/mol. The van der Waals surface area contributed by atoms with E-state index in [9.17, 15) is 4.79 Å². The van der Waals surface area contributed by atoms with E-state index in [0.29, 0.717) is 17.2 Å². The molecule has 0 aliphatic carbocycles. The minimum Gasteiger partial charge on any atom is -0.497 e. The monoisotopic (exact) mass is 333 g/mol. The Bertz CT molecular complexity index is 721. The number of hydrogen-bond acceptors (Lipinski definition) is 6. The second-order valence-corrected chi connectivity index (χ2v) is 5.71. The second kappa shape index (κ2) is 7.78. The van der Waals surface area contributed by atoms with E-state index in [4.69, 9.17) is 14.2 Å². The van der Waals surface area contributed by atoms with E-state index in [1.807, 2.05) is 31.2 Å². The summed E-state index contributed by atoms with van der Waals surface area (Å²) in [7, 11) is 3.21. The highest BCUT2D eigenvalue weighted by Crippen LogP contribution is 2.30. The van der Waals surface area contributed by atoms with Crippen molar-refractivity contribution in [1.29, 1.82) is 0 Å². The fraction of sp³-hybridized carbons (Fsp3) is 0.294. The quantitative estimate of drug-likeness (QED) is 0.592. The van der Waals surface area contributed by atoms with Crippen LogP contribution >= 0.6 is 11.3 Å². The van der Waals surface area contributed by atoms with Crippen molar-refractivity contribution in [2.24, 2.45) is 4.99 Å². The minimum atomic E-state index is -0.310. The third kappa shape index (κ3) is 4.10. The Morgan fingerprint density at radius 2 is 2.04 bits per heavy atom. The van der Waals surface area contributed by atoms with Gasteiger partial charge < -0.3 is 14.2 Å². The molecule has 1 aromatic carbocycles. The number of benzene rings is 1. The van der Waals surface area contributed by atoms with Gasteiger partial charge in [0.05, 0.1) is 20.8 Å². The Morgan fingerprint density at radius 1 is 1.26 bits per heavy atom. The van der Waals surface area contributed by atoms with Crippen LogP contribution in [0.25, 0.3) is 0 Å². The lowest BCUT2D eigenvalue weighted by Crippen LogP contribution is -2.03. The molecule has 23 heavy (non-hydrogen) atoms. The molecular formula is C17H19NO4S. The highest BCUT2D eigenvalue weighted by Gasteiger charge is 2.14. The van der Waals surface area contributed by atoms with Crippen LogP contribution in [0.3, 0.4) is 0 Å². The molecule has 0 unspecified atom stereocenters. The molecule has 1 aromatic heterocycles. The summed E-state index contributed by atoms with van der Waals surface area (Å²) in [6, 6.07) is 7.35. The number of ether oxygens (including phenoxy) is 3. The molecule has 0 aliphatic rings. The lowest BCUT2D eigenvalue weighted by Gasteiger charge is -2.06. The summed E-state index contributed by atoms with van der Waals surface area (Å²) >= 11 is 1.31. The molecule has 5 nitrogen and oxygen atoms in total. The zero-order valence-electron chi connectivity index (χ0n) is 13.6. The number of aliphatic imine (C=N–C) groups is 1. The van der Waals surface area contributed by atoms with Gasteiger partial charge in [0.2, 0.25) is 0 Å². The summed E-state index contributed by atoms with van der Waals surface area (Å²) in [5.41, 5.74) is 1.66. The fourth-order valence-electron chi connectivity index (χ4n) is 2.00. The van der Waals surface area contributed by atoms with Crippen LogP contribution in [0.5, 0.6) is 11.5 Å². The normalized spacial score (nSPS) is 10.8. The van der Waals surface area contributed by atoms with E-state index in [2.05, 4.69) is 4.99 Å². The van der Waals surface area contributed by atoms with E-state index in [1.165, 1.54) is 11.3 Å². The van der Waals surface area contributed by atoms with Gasteiger partial charge in [-0.2, -0.15) is 0 Å². The molecule has 0 spiro atoms. The van der Waals surface area contributed by atoms with Crippen molar-refractivity contribution in [2.75, 3.05) is 20.8 Å². The molecule has 0 saturated carbocycles. The van der Waals surface area contributed by atoms with Crippen molar-refractivity contribution >= 4 is 28.5 Å². The molecule has 0 atom stereocenters. The Balaban J connectivity index is 2.27.